The van der Waals surface area contributed by atoms with Gasteiger partial charge < -0.3 is 19.9 Å². The Labute approximate surface area is 151 Å². The van der Waals surface area contributed by atoms with E-state index in [-0.39, 0.29) is 6.61 Å². The minimum absolute atomic E-state index is 0.179. The van der Waals surface area contributed by atoms with Gasteiger partial charge in [0.15, 0.2) is 0 Å². The third-order valence-electron chi connectivity index (χ3n) is 6.52. The Bertz CT molecular complexity index is 391. The van der Waals surface area contributed by atoms with E-state index >= 15 is 0 Å². The predicted octanol–water partition coefficient (Wildman–Crippen LogP) is 3.50. The lowest BCUT2D eigenvalue weighted by atomic mass is 9.49. The van der Waals surface area contributed by atoms with Gasteiger partial charge in [0.2, 0.25) is 0 Å². The molecule has 0 aliphatic heterocycles. The zero-order valence-corrected chi connectivity index (χ0v) is 15.5. The highest BCUT2D eigenvalue weighted by Crippen LogP contribution is 2.61. The van der Waals surface area contributed by atoms with Crippen molar-refractivity contribution in [2.24, 2.45) is 23.2 Å². The van der Waals surface area contributed by atoms with Crippen molar-refractivity contribution < 1.29 is 19.4 Å². The number of aliphatic hydroxyl groups excluding tert-OH is 1. The fourth-order valence-electron chi connectivity index (χ4n) is 5.88. The molecule has 0 radical (unpaired) electrons. The van der Waals surface area contributed by atoms with E-state index in [1.807, 2.05) is 0 Å². The van der Waals surface area contributed by atoms with Gasteiger partial charge in [0.25, 0.3) is 0 Å². The maximum atomic E-state index is 11.7. The Kier molecular flexibility index (Phi) is 7.00. The summed E-state index contributed by atoms with van der Waals surface area (Å²) in [6.45, 7) is 2.69. The molecule has 4 rings (SSSR count). The van der Waals surface area contributed by atoms with E-state index in [0.717, 1.165) is 50.0 Å². The fourth-order valence-corrected chi connectivity index (χ4v) is 5.88. The third-order valence-corrected chi connectivity index (χ3v) is 6.52. The van der Waals surface area contributed by atoms with Crippen LogP contribution >= 0.6 is 0 Å². The quantitative estimate of drug-likeness (QED) is 0.439. The first-order valence-electron chi connectivity index (χ1n) is 10.3. The lowest BCUT2D eigenvalue weighted by Crippen LogP contribution is -2.46. The van der Waals surface area contributed by atoms with Crippen LogP contribution < -0.4 is 5.32 Å². The number of ether oxygens (including phenoxy) is 2. The summed E-state index contributed by atoms with van der Waals surface area (Å²) in [5.41, 5.74) is 0.469. The molecule has 4 aliphatic carbocycles. The number of nitrogens with one attached hydrogen (secondary N) is 1. The molecule has 4 saturated carbocycles. The Morgan fingerprint density at radius 1 is 0.920 bits per heavy atom. The van der Waals surface area contributed by atoms with Gasteiger partial charge in [-0.15, -0.1) is 0 Å². The Morgan fingerprint density at radius 2 is 1.56 bits per heavy atom. The molecule has 0 aromatic heterocycles. The SMILES string of the molecule is O=C(OCCCCCNCCO)OCCC12CC3CC(CC(C3)C1)C2. The van der Waals surface area contributed by atoms with Crippen LogP contribution in [0.25, 0.3) is 0 Å². The molecule has 4 bridgehead atoms. The van der Waals surface area contributed by atoms with Gasteiger partial charge in [-0.3, -0.25) is 0 Å². The number of aliphatic hydroxyl groups is 1. The van der Waals surface area contributed by atoms with Crippen LogP contribution in [0.5, 0.6) is 0 Å². The van der Waals surface area contributed by atoms with Crippen molar-refractivity contribution in [1.82, 2.24) is 5.32 Å². The Hall–Kier alpha value is -0.810. The number of unbranched alkanes of at least 4 members (excludes halogenated alkanes) is 2. The van der Waals surface area contributed by atoms with Crippen molar-refractivity contribution in [2.75, 3.05) is 32.9 Å². The number of carbonyl (C=O) groups is 1. The van der Waals surface area contributed by atoms with Crippen LogP contribution in [-0.4, -0.2) is 44.2 Å². The highest BCUT2D eigenvalue weighted by atomic mass is 16.7. The minimum atomic E-state index is -0.497. The van der Waals surface area contributed by atoms with Gasteiger partial charge in [0.1, 0.15) is 0 Å². The Balaban J connectivity index is 1.22. The summed E-state index contributed by atoms with van der Waals surface area (Å²) in [6, 6.07) is 0. The maximum Gasteiger partial charge on any atom is 0.508 e. The van der Waals surface area contributed by atoms with E-state index < -0.39 is 6.16 Å². The minimum Gasteiger partial charge on any atom is -0.434 e. The van der Waals surface area contributed by atoms with Crippen molar-refractivity contribution in [3.8, 4) is 0 Å². The molecule has 0 aromatic rings. The van der Waals surface area contributed by atoms with E-state index in [9.17, 15) is 4.79 Å². The van der Waals surface area contributed by atoms with Gasteiger partial charge in [-0.1, -0.05) is 0 Å². The van der Waals surface area contributed by atoms with Gasteiger partial charge >= 0.3 is 6.16 Å². The van der Waals surface area contributed by atoms with Gasteiger partial charge in [0.05, 0.1) is 19.8 Å². The topological polar surface area (TPSA) is 67.8 Å². The second-order valence-corrected chi connectivity index (χ2v) is 8.65. The van der Waals surface area contributed by atoms with Gasteiger partial charge in [-0.2, -0.15) is 0 Å². The van der Waals surface area contributed by atoms with E-state index in [4.69, 9.17) is 14.6 Å². The molecule has 2 N–H and O–H groups in total. The first-order valence-corrected chi connectivity index (χ1v) is 10.3. The Morgan fingerprint density at radius 3 is 2.20 bits per heavy atom. The first kappa shape index (κ1) is 19.0. The average Bonchev–Trinajstić information content (AvgIpc) is 2.56. The third kappa shape index (κ3) is 5.58. The van der Waals surface area contributed by atoms with E-state index in [1.54, 1.807) is 0 Å². The van der Waals surface area contributed by atoms with Crippen LogP contribution in [0.1, 0.15) is 64.2 Å². The zero-order chi connectivity index (χ0) is 17.5. The molecule has 144 valence electrons. The molecule has 25 heavy (non-hydrogen) atoms. The zero-order valence-electron chi connectivity index (χ0n) is 15.5. The molecule has 0 heterocycles. The second kappa shape index (κ2) is 9.22. The summed E-state index contributed by atoms with van der Waals surface area (Å²) in [5.74, 6) is 2.85. The number of hydrogen-bond donors (Lipinski definition) is 2. The van der Waals surface area contributed by atoms with E-state index in [0.29, 0.717) is 25.2 Å². The molecule has 0 atom stereocenters. The van der Waals surface area contributed by atoms with Crippen LogP contribution in [0.15, 0.2) is 0 Å². The summed E-state index contributed by atoms with van der Waals surface area (Å²) in [5, 5.41) is 11.8. The standard InChI is InChI=1S/C20H35NO4/c22-7-6-21-5-2-1-3-8-24-19(23)25-9-4-20-13-16-10-17(14-20)12-18(11-16)15-20/h16-18,21-22H,1-15H2. The maximum absolute atomic E-state index is 11.7. The number of carbonyl (C=O) groups excluding carboxylic acids is 1. The normalized spacial score (nSPS) is 32.8. The van der Waals surface area contributed by atoms with Gasteiger partial charge in [-0.05, 0) is 93.9 Å². The van der Waals surface area contributed by atoms with Crippen molar-refractivity contribution in [1.29, 1.82) is 0 Å². The summed E-state index contributed by atoms with van der Waals surface area (Å²) in [7, 11) is 0. The summed E-state index contributed by atoms with van der Waals surface area (Å²) >= 11 is 0. The van der Waals surface area contributed by atoms with E-state index in [2.05, 4.69) is 5.32 Å². The summed E-state index contributed by atoms with van der Waals surface area (Å²) < 4.78 is 10.5. The highest BCUT2D eigenvalue weighted by Gasteiger charge is 2.50. The molecule has 5 nitrogen and oxygen atoms in total. The summed E-state index contributed by atoms with van der Waals surface area (Å²) in [4.78, 5) is 11.7. The molecule has 0 aromatic carbocycles. The predicted molar refractivity (Wildman–Crippen MR) is 96.3 cm³/mol. The van der Waals surface area contributed by atoms with Crippen molar-refractivity contribution >= 4 is 6.16 Å². The lowest BCUT2D eigenvalue weighted by Gasteiger charge is -2.57. The van der Waals surface area contributed by atoms with Crippen molar-refractivity contribution in [2.45, 2.75) is 64.2 Å². The van der Waals surface area contributed by atoms with Crippen molar-refractivity contribution in [3.05, 3.63) is 0 Å². The molecular weight excluding hydrogens is 318 g/mol. The van der Waals surface area contributed by atoms with Crippen LogP contribution in [-0.2, 0) is 9.47 Å². The largest absolute Gasteiger partial charge is 0.508 e. The van der Waals surface area contributed by atoms with Crippen LogP contribution in [0.4, 0.5) is 4.79 Å². The van der Waals surface area contributed by atoms with Crippen LogP contribution in [0, 0.1) is 23.2 Å². The second-order valence-electron chi connectivity index (χ2n) is 8.65. The number of rotatable bonds is 11. The molecule has 0 amide bonds. The number of hydrogen-bond acceptors (Lipinski definition) is 5. The monoisotopic (exact) mass is 353 g/mol. The highest BCUT2D eigenvalue weighted by molar-refractivity contribution is 5.59. The smallest absolute Gasteiger partial charge is 0.434 e. The fraction of sp³-hybridized carbons (Fsp3) is 0.950. The molecule has 0 unspecified atom stereocenters. The molecule has 0 spiro atoms. The van der Waals surface area contributed by atoms with Gasteiger partial charge in [-0.25, -0.2) is 4.79 Å². The summed E-state index contributed by atoms with van der Waals surface area (Å²) in [6.07, 6.45) is 11.9. The molecule has 4 aliphatic rings. The molecule has 5 heteroatoms. The van der Waals surface area contributed by atoms with Crippen LogP contribution in [0.3, 0.4) is 0 Å². The lowest BCUT2D eigenvalue weighted by molar-refractivity contribution is -0.0670. The molecule has 4 fully saturated rings. The van der Waals surface area contributed by atoms with Crippen LogP contribution in [0.2, 0.25) is 0 Å². The van der Waals surface area contributed by atoms with Crippen molar-refractivity contribution in [3.63, 3.8) is 0 Å². The van der Waals surface area contributed by atoms with E-state index in [1.165, 1.54) is 38.5 Å². The molecule has 0 saturated heterocycles. The average molecular weight is 354 g/mol. The first-order chi connectivity index (χ1) is 12.2. The molecular formula is C20H35NO4. The van der Waals surface area contributed by atoms with Gasteiger partial charge in [0, 0.05) is 6.54 Å².